The first-order valence-corrected chi connectivity index (χ1v) is 18.2. The first-order chi connectivity index (χ1) is 21.5. The Bertz CT molecular complexity index is 1650. The fourth-order valence-electron chi connectivity index (χ4n) is 5.33. The van der Waals surface area contributed by atoms with E-state index in [0.29, 0.717) is 6.61 Å². The lowest BCUT2D eigenvalue weighted by Gasteiger charge is -2.37. The lowest BCUT2D eigenvalue weighted by atomic mass is 9.80. The number of aromatic nitrogens is 4. The first kappa shape index (κ1) is 32.3. The van der Waals surface area contributed by atoms with Crippen LogP contribution in [0.1, 0.15) is 56.3 Å². The van der Waals surface area contributed by atoms with Crippen LogP contribution in [-0.4, -0.2) is 48.7 Å². The molecule has 0 aliphatic rings. The Balaban J connectivity index is 1.61. The van der Waals surface area contributed by atoms with E-state index in [1.807, 2.05) is 42.5 Å². The van der Waals surface area contributed by atoms with Crippen LogP contribution in [0.4, 0.5) is 0 Å². The zero-order chi connectivity index (χ0) is 32.2. The maximum atomic E-state index is 7.20. The molecular weight excluding hydrogens is 581 g/mol. The molecule has 9 heteroatoms. The number of fused-ring (bicyclic) bond motifs is 1. The number of imidazole rings is 1. The van der Waals surface area contributed by atoms with Gasteiger partial charge in [-0.1, -0.05) is 75.4 Å². The van der Waals surface area contributed by atoms with Gasteiger partial charge in [-0.25, -0.2) is 15.0 Å². The molecule has 0 bridgehead atoms. The smallest absolute Gasteiger partial charge is 0.192 e. The maximum Gasteiger partial charge on any atom is 0.192 e. The third-order valence-corrected chi connectivity index (χ3v) is 13.5. The summed E-state index contributed by atoms with van der Waals surface area (Å²) in [6.07, 6.45) is 3.32. The molecule has 0 saturated heterocycles. The lowest BCUT2D eigenvalue weighted by Crippen LogP contribution is -2.42. The molecule has 1 unspecified atom stereocenters. The summed E-state index contributed by atoms with van der Waals surface area (Å²) in [5.41, 5.74) is 3.39. The van der Waals surface area contributed by atoms with E-state index >= 15 is 0 Å². The number of nitrogens with zero attached hydrogens (tertiary/aromatic N) is 4. The molecule has 2 aromatic heterocycles. The molecule has 2 heterocycles. The first-order valence-electron chi connectivity index (χ1n) is 15.3. The number of hydrogen-bond acceptors (Lipinski definition) is 7. The van der Waals surface area contributed by atoms with E-state index in [1.54, 1.807) is 26.7 Å². The monoisotopic (exact) mass is 624 g/mol. The van der Waals surface area contributed by atoms with E-state index in [0.717, 1.165) is 45.2 Å². The molecule has 236 valence electrons. The Morgan fingerprint density at radius 3 is 1.89 bits per heavy atom. The summed E-state index contributed by atoms with van der Waals surface area (Å²) >= 11 is 0. The second-order valence-corrected chi connectivity index (χ2v) is 17.7. The van der Waals surface area contributed by atoms with Crippen LogP contribution in [-0.2, 0) is 21.4 Å². The van der Waals surface area contributed by atoms with E-state index in [9.17, 15) is 0 Å². The number of methoxy groups -OCH3 is 2. The van der Waals surface area contributed by atoms with Gasteiger partial charge in [-0.3, -0.25) is 0 Å². The van der Waals surface area contributed by atoms with Crippen LogP contribution in [0.2, 0.25) is 18.1 Å². The molecule has 8 nitrogen and oxygen atoms in total. The molecule has 0 radical (unpaired) electrons. The summed E-state index contributed by atoms with van der Waals surface area (Å²) in [5.74, 6) is 2.29. The van der Waals surface area contributed by atoms with Crippen LogP contribution in [0.5, 0.6) is 11.5 Å². The van der Waals surface area contributed by atoms with Crippen molar-refractivity contribution in [3.05, 3.63) is 114 Å². The summed E-state index contributed by atoms with van der Waals surface area (Å²) in [4.78, 5) is 13.9. The van der Waals surface area contributed by atoms with Gasteiger partial charge in [0.15, 0.2) is 14.0 Å². The van der Waals surface area contributed by atoms with Crippen molar-refractivity contribution in [2.75, 3.05) is 20.8 Å². The van der Waals surface area contributed by atoms with Gasteiger partial charge >= 0.3 is 0 Å². The molecule has 0 N–H and O–H groups in total. The molecule has 0 aliphatic carbocycles. The van der Waals surface area contributed by atoms with Crippen molar-refractivity contribution >= 4 is 19.5 Å². The van der Waals surface area contributed by atoms with Gasteiger partial charge in [-0.05, 0) is 66.0 Å². The van der Waals surface area contributed by atoms with Gasteiger partial charge in [-0.15, -0.1) is 0 Å². The standard InChI is InChI=1S/C36H44N4O4Si/c1-26(23-44-45(7,8)35(2,3)4)40-33(39-32-22-37-25-38-34(32)40)24-43-36(27-12-10-9-11-13-27,28-14-18-30(41-5)19-15-28)29-16-20-31(42-6)21-17-29/h9-22,25-26H,23-24H2,1-8H3. The zero-order valence-electron chi connectivity index (χ0n) is 27.6. The molecule has 3 aromatic carbocycles. The highest BCUT2D eigenvalue weighted by Gasteiger charge is 2.40. The second kappa shape index (κ2) is 13.1. The van der Waals surface area contributed by atoms with E-state index in [-0.39, 0.29) is 17.7 Å². The zero-order valence-corrected chi connectivity index (χ0v) is 28.6. The fraction of sp³-hybridized carbons (Fsp3) is 0.361. The van der Waals surface area contributed by atoms with Gasteiger partial charge in [0, 0.05) is 0 Å². The Labute approximate surface area is 267 Å². The fourth-order valence-corrected chi connectivity index (χ4v) is 6.42. The maximum absolute atomic E-state index is 7.20. The minimum Gasteiger partial charge on any atom is -0.497 e. The topological polar surface area (TPSA) is 80.5 Å². The Hall–Kier alpha value is -4.05. The van der Waals surface area contributed by atoms with Crippen molar-refractivity contribution in [1.29, 1.82) is 0 Å². The molecule has 0 saturated carbocycles. The van der Waals surface area contributed by atoms with E-state index in [4.69, 9.17) is 23.6 Å². The molecule has 0 fully saturated rings. The summed E-state index contributed by atoms with van der Waals surface area (Å²) in [6.45, 7) is 14.2. The normalized spacial score (nSPS) is 13.2. The van der Waals surface area contributed by atoms with Crippen LogP contribution >= 0.6 is 0 Å². The summed E-state index contributed by atoms with van der Waals surface area (Å²) in [6, 6.07) is 26.3. The second-order valence-electron chi connectivity index (χ2n) is 12.8. The predicted octanol–water partition coefficient (Wildman–Crippen LogP) is 7.94. The number of benzene rings is 3. The average molecular weight is 625 g/mol. The van der Waals surface area contributed by atoms with Crippen molar-refractivity contribution in [1.82, 2.24) is 19.5 Å². The van der Waals surface area contributed by atoms with Crippen LogP contribution in [0.25, 0.3) is 11.2 Å². The molecule has 0 spiro atoms. The van der Waals surface area contributed by atoms with Crippen LogP contribution in [0.3, 0.4) is 0 Å². The third kappa shape index (κ3) is 6.52. The highest BCUT2D eigenvalue weighted by atomic mass is 28.4. The average Bonchev–Trinajstić information content (AvgIpc) is 3.43. The SMILES string of the molecule is COc1ccc(C(OCc2nc3cncnc3n2C(C)CO[Si](C)(C)C(C)(C)C)(c2ccccc2)c2ccc(OC)cc2)cc1. The van der Waals surface area contributed by atoms with Gasteiger partial charge in [0.25, 0.3) is 0 Å². The summed E-state index contributed by atoms with van der Waals surface area (Å²) < 4.78 is 27.0. The third-order valence-electron chi connectivity index (χ3n) is 8.95. The Morgan fingerprint density at radius 2 is 1.36 bits per heavy atom. The van der Waals surface area contributed by atoms with Crippen molar-refractivity contribution in [2.45, 2.75) is 64.1 Å². The van der Waals surface area contributed by atoms with Crippen LogP contribution in [0, 0.1) is 0 Å². The Kier molecular flexibility index (Phi) is 9.43. The van der Waals surface area contributed by atoms with E-state index in [1.165, 1.54) is 0 Å². The summed E-state index contributed by atoms with van der Waals surface area (Å²) in [5, 5.41) is 0.101. The molecule has 0 aliphatic heterocycles. The van der Waals surface area contributed by atoms with Gasteiger partial charge in [0.1, 0.15) is 41.4 Å². The lowest BCUT2D eigenvalue weighted by molar-refractivity contribution is -0.00508. The molecular formula is C36H44N4O4Si. The van der Waals surface area contributed by atoms with Crippen molar-refractivity contribution in [3.63, 3.8) is 0 Å². The molecule has 45 heavy (non-hydrogen) atoms. The number of ether oxygens (including phenoxy) is 3. The largest absolute Gasteiger partial charge is 0.497 e. The minimum absolute atomic E-state index is 0.0364. The van der Waals surface area contributed by atoms with Crippen LogP contribution < -0.4 is 9.47 Å². The highest BCUT2D eigenvalue weighted by molar-refractivity contribution is 6.74. The van der Waals surface area contributed by atoms with E-state index in [2.05, 4.69) is 91.7 Å². The molecule has 1 atom stereocenters. The quantitative estimate of drug-likeness (QED) is 0.103. The van der Waals surface area contributed by atoms with Crippen molar-refractivity contribution in [2.24, 2.45) is 0 Å². The van der Waals surface area contributed by atoms with Gasteiger partial charge in [0.05, 0.1) is 33.1 Å². The van der Waals surface area contributed by atoms with Gasteiger partial charge < -0.3 is 23.2 Å². The number of rotatable bonds is 12. The van der Waals surface area contributed by atoms with Crippen molar-refractivity contribution < 1.29 is 18.6 Å². The van der Waals surface area contributed by atoms with Crippen LogP contribution in [0.15, 0.2) is 91.4 Å². The van der Waals surface area contributed by atoms with Gasteiger partial charge in [-0.2, -0.15) is 0 Å². The Morgan fingerprint density at radius 1 is 0.800 bits per heavy atom. The molecule has 5 rings (SSSR count). The van der Waals surface area contributed by atoms with Crippen molar-refractivity contribution in [3.8, 4) is 11.5 Å². The summed E-state index contributed by atoms with van der Waals surface area (Å²) in [7, 11) is 1.36. The highest BCUT2D eigenvalue weighted by Crippen LogP contribution is 2.43. The predicted molar refractivity (Wildman–Crippen MR) is 180 cm³/mol. The molecule has 5 aromatic rings. The minimum atomic E-state index is -1.98. The number of hydrogen-bond donors (Lipinski definition) is 0. The van der Waals surface area contributed by atoms with E-state index < -0.39 is 13.9 Å². The molecule has 0 amide bonds. The van der Waals surface area contributed by atoms with Gasteiger partial charge in [0.2, 0.25) is 0 Å².